The second kappa shape index (κ2) is 6.65. The molecule has 0 spiro atoms. The molecule has 0 amide bonds. The number of imidazole rings is 1. The highest BCUT2D eigenvalue weighted by Crippen LogP contribution is 2.14. The summed E-state index contributed by atoms with van der Waals surface area (Å²) >= 11 is 0. The maximum Gasteiger partial charge on any atom is 0.342 e. The Bertz CT molecular complexity index is 411. The minimum atomic E-state index is -0.498. The first-order valence-corrected chi connectivity index (χ1v) is 4.40. The van der Waals surface area contributed by atoms with Gasteiger partial charge < -0.3 is 10.1 Å². The fourth-order valence-electron chi connectivity index (χ4n) is 1.26. The van der Waals surface area contributed by atoms with Crippen LogP contribution in [0.3, 0.4) is 0 Å². The van der Waals surface area contributed by atoms with Crippen molar-refractivity contribution in [2.75, 3.05) is 6.54 Å². The van der Waals surface area contributed by atoms with Gasteiger partial charge in [0.2, 0.25) is 0 Å². The van der Waals surface area contributed by atoms with Crippen LogP contribution in [0.25, 0.3) is 10.4 Å². The summed E-state index contributed by atoms with van der Waals surface area (Å²) in [5, 5.41) is 14.0. The summed E-state index contributed by atoms with van der Waals surface area (Å²) in [6.07, 6.45) is 1.82. The van der Waals surface area contributed by atoms with Crippen molar-refractivity contribution in [2.24, 2.45) is 5.11 Å². The zero-order chi connectivity index (χ0) is 11.3. The summed E-state index contributed by atoms with van der Waals surface area (Å²) < 4.78 is 1.45. The second-order valence-electron chi connectivity index (χ2n) is 2.75. The van der Waals surface area contributed by atoms with E-state index >= 15 is 0 Å². The lowest BCUT2D eigenvalue weighted by molar-refractivity contribution is -0.392. The molecule has 0 radical (unpaired) electrons. The highest BCUT2D eigenvalue weighted by molar-refractivity contribution is 5.85. The first-order chi connectivity index (χ1) is 7.20. The number of nitro groups is 1. The van der Waals surface area contributed by atoms with Crippen molar-refractivity contribution in [2.45, 2.75) is 19.9 Å². The van der Waals surface area contributed by atoms with E-state index in [2.05, 4.69) is 15.0 Å². The van der Waals surface area contributed by atoms with Crippen LogP contribution in [0.5, 0.6) is 0 Å². The number of hydrogen-bond donors (Lipinski definition) is 0. The SMILES string of the molecule is CCc1ncc([N+](=O)[O-])n1CCN=[N+]=[N-].Cl. The number of nitrogens with zero attached hydrogens (tertiary/aromatic N) is 6. The van der Waals surface area contributed by atoms with Crippen molar-refractivity contribution in [3.8, 4) is 0 Å². The number of halogens is 1. The number of azide groups is 1. The lowest BCUT2D eigenvalue weighted by Crippen LogP contribution is -2.08. The lowest BCUT2D eigenvalue weighted by Gasteiger charge is -2.00. The van der Waals surface area contributed by atoms with Gasteiger partial charge >= 0.3 is 5.82 Å². The smallest absolute Gasteiger partial charge is 0.342 e. The Morgan fingerprint density at radius 3 is 2.94 bits per heavy atom. The summed E-state index contributed by atoms with van der Waals surface area (Å²) in [5.74, 6) is 0.551. The zero-order valence-corrected chi connectivity index (χ0v) is 9.42. The molecule has 0 aliphatic rings. The predicted molar refractivity (Wildman–Crippen MR) is 59.5 cm³/mol. The number of rotatable bonds is 5. The van der Waals surface area contributed by atoms with Gasteiger partial charge in [0.05, 0.1) is 13.1 Å². The summed E-state index contributed by atoms with van der Waals surface area (Å²) in [6, 6.07) is 0. The van der Waals surface area contributed by atoms with Crippen LogP contribution in [-0.4, -0.2) is 21.0 Å². The topological polar surface area (TPSA) is 110 Å². The fraction of sp³-hybridized carbons (Fsp3) is 0.571. The zero-order valence-electron chi connectivity index (χ0n) is 8.61. The summed E-state index contributed by atoms with van der Waals surface area (Å²) in [7, 11) is 0. The molecule has 0 unspecified atom stereocenters. The van der Waals surface area contributed by atoms with Gasteiger partial charge in [-0.05, 0) is 10.5 Å². The average molecular weight is 247 g/mol. The summed E-state index contributed by atoms with van der Waals surface area (Å²) in [5.41, 5.74) is 8.10. The third kappa shape index (κ3) is 3.11. The predicted octanol–water partition coefficient (Wildman–Crippen LogP) is 2.09. The molecule has 0 aliphatic carbocycles. The van der Waals surface area contributed by atoms with Crippen LogP contribution in [0, 0.1) is 10.1 Å². The van der Waals surface area contributed by atoms with E-state index < -0.39 is 4.92 Å². The second-order valence-corrected chi connectivity index (χ2v) is 2.75. The van der Waals surface area contributed by atoms with Crippen LogP contribution in [0.15, 0.2) is 11.3 Å². The molecular formula is C7H11ClN6O2. The Kier molecular flexibility index (Phi) is 5.91. The molecule has 88 valence electrons. The van der Waals surface area contributed by atoms with E-state index in [0.29, 0.717) is 12.2 Å². The molecule has 0 N–H and O–H groups in total. The Morgan fingerprint density at radius 1 is 1.75 bits per heavy atom. The molecule has 9 heteroatoms. The maximum atomic E-state index is 10.6. The molecule has 16 heavy (non-hydrogen) atoms. The molecule has 0 saturated heterocycles. The number of hydrogen-bond acceptors (Lipinski definition) is 4. The molecule has 0 fully saturated rings. The molecule has 0 bridgehead atoms. The van der Waals surface area contributed by atoms with E-state index in [1.807, 2.05) is 6.92 Å². The van der Waals surface area contributed by atoms with Crippen molar-refractivity contribution >= 4 is 18.2 Å². The Hall–Kier alpha value is -1.79. The van der Waals surface area contributed by atoms with Gasteiger partial charge in [0.1, 0.15) is 6.20 Å². The molecule has 1 rings (SSSR count). The maximum absolute atomic E-state index is 10.6. The van der Waals surface area contributed by atoms with Crippen LogP contribution in [0.2, 0.25) is 0 Å². The van der Waals surface area contributed by atoms with Gasteiger partial charge in [0.15, 0.2) is 5.82 Å². The van der Waals surface area contributed by atoms with Gasteiger partial charge in [0.25, 0.3) is 0 Å². The Balaban J connectivity index is 0.00000225. The largest absolute Gasteiger partial charge is 0.358 e. The molecule has 1 aromatic rings. The van der Waals surface area contributed by atoms with Gasteiger partial charge in [0, 0.05) is 11.3 Å². The monoisotopic (exact) mass is 246 g/mol. The molecule has 0 aromatic carbocycles. The lowest BCUT2D eigenvalue weighted by atomic mass is 10.4. The molecule has 0 saturated carbocycles. The molecule has 1 heterocycles. The van der Waals surface area contributed by atoms with Gasteiger partial charge in [-0.3, -0.25) is 0 Å². The van der Waals surface area contributed by atoms with Crippen LogP contribution >= 0.6 is 12.4 Å². The van der Waals surface area contributed by atoms with E-state index in [0.717, 1.165) is 0 Å². The van der Waals surface area contributed by atoms with Gasteiger partial charge in [-0.25, -0.2) is 9.55 Å². The van der Waals surface area contributed by atoms with Crippen molar-refractivity contribution in [1.82, 2.24) is 9.55 Å². The van der Waals surface area contributed by atoms with Gasteiger partial charge in [-0.1, -0.05) is 12.0 Å². The normalized spacial score (nSPS) is 9.06. The first-order valence-electron chi connectivity index (χ1n) is 4.40. The van der Waals surface area contributed by atoms with E-state index in [4.69, 9.17) is 5.53 Å². The van der Waals surface area contributed by atoms with Gasteiger partial charge in [-0.15, -0.1) is 12.4 Å². The summed E-state index contributed by atoms with van der Waals surface area (Å²) in [6.45, 7) is 2.32. The van der Waals surface area contributed by atoms with E-state index in [9.17, 15) is 10.1 Å². The highest BCUT2D eigenvalue weighted by Gasteiger charge is 2.17. The van der Waals surface area contributed by atoms with Crippen LogP contribution in [0.4, 0.5) is 5.82 Å². The minimum absolute atomic E-state index is 0. The minimum Gasteiger partial charge on any atom is -0.358 e. The van der Waals surface area contributed by atoms with Crippen LogP contribution in [-0.2, 0) is 13.0 Å². The first kappa shape index (κ1) is 14.2. The average Bonchev–Trinajstić information content (AvgIpc) is 2.61. The molecule has 1 aromatic heterocycles. The number of aryl methyl sites for hydroxylation is 1. The van der Waals surface area contributed by atoms with E-state index in [1.165, 1.54) is 10.8 Å². The summed E-state index contributed by atoms with van der Waals surface area (Å²) in [4.78, 5) is 16.6. The van der Waals surface area contributed by atoms with Crippen molar-refractivity contribution < 1.29 is 4.92 Å². The molecular weight excluding hydrogens is 236 g/mol. The quantitative estimate of drug-likeness (QED) is 0.261. The third-order valence-corrected chi connectivity index (χ3v) is 1.91. The van der Waals surface area contributed by atoms with E-state index in [-0.39, 0.29) is 31.3 Å². The van der Waals surface area contributed by atoms with Crippen molar-refractivity contribution in [3.05, 3.63) is 32.6 Å². The highest BCUT2D eigenvalue weighted by atomic mass is 35.5. The van der Waals surface area contributed by atoms with Gasteiger partial charge in [-0.2, -0.15) is 0 Å². The van der Waals surface area contributed by atoms with E-state index in [1.54, 1.807) is 0 Å². The molecule has 8 nitrogen and oxygen atoms in total. The number of aromatic nitrogens is 2. The standard InChI is InChI=1S/C7H10N6O2.ClH/c1-2-6-9-5-7(13(14)15)12(6)4-3-10-11-8;/h5H,2-4H2,1H3;1H. The van der Waals surface area contributed by atoms with Crippen molar-refractivity contribution in [1.29, 1.82) is 0 Å². The molecule has 0 atom stereocenters. The Labute approximate surface area is 97.5 Å². The van der Waals surface area contributed by atoms with Crippen LogP contribution in [0.1, 0.15) is 12.7 Å². The fourth-order valence-corrected chi connectivity index (χ4v) is 1.26. The van der Waals surface area contributed by atoms with Crippen molar-refractivity contribution in [3.63, 3.8) is 0 Å². The Morgan fingerprint density at radius 2 is 2.44 bits per heavy atom. The third-order valence-electron chi connectivity index (χ3n) is 1.91. The molecule has 0 aliphatic heterocycles. The van der Waals surface area contributed by atoms with Crippen LogP contribution < -0.4 is 0 Å².